The average molecular weight is 338 g/mol. The molecular formula is C15H13BrFNO2. The summed E-state index contributed by atoms with van der Waals surface area (Å²) in [6.45, 7) is 0.417. The number of halogens is 2. The van der Waals surface area contributed by atoms with Crippen molar-refractivity contribution in [2.24, 2.45) is 0 Å². The van der Waals surface area contributed by atoms with Gasteiger partial charge in [-0.3, -0.25) is 4.79 Å². The Morgan fingerprint density at radius 3 is 2.55 bits per heavy atom. The highest BCUT2D eigenvalue weighted by Gasteiger charge is 2.10. The van der Waals surface area contributed by atoms with Crippen molar-refractivity contribution in [2.45, 2.75) is 6.42 Å². The summed E-state index contributed by atoms with van der Waals surface area (Å²) in [5.74, 6) is -0.687. The molecule has 0 aliphatic carbocycles. The summed E-state index contributed by atoms with van der Waals surface area (Å²) in [4.78, 5) is 11.9. The number of amides is 1. The van der Waals surface area contributed by atoms with Gasteiger partial charge < -0.3 is 10.4 Å². The molecule has 2 aromatic carbocycles. The van der Waals surface area contributed by atoms with Gasteiger partial charge >= 0.3 is 0 Å². The van der Waals surface area contributed by atoms with Crippen LogP contribution in [0.25, 0.3) is 0 Å². The van der Waals surface area contributed by atoms with Crippen molar-refractivity contribution in [1.29, 1.82) is 0 Å². The summed E-state index contributed by atoms with van der Waals surface area (Å²) in [5.41, 5.74) is 1.17. The van der Waals surface area contributed by atoms with Gasteiger partial charge in [-0.2, -0.15) is 0 Å². The SMILES string of the molecule is O=C(NCCc1ccc(F)cc1)c1ccc(Br)cc1O. The molecule has 0 atom stereocenters. The molecule has 0 bridgehead atoms. The normalized spacial score (nSPS) is 10.3. The third-order valence-corrected chi connectivity index (χ3v) is 3.31. The predicted molar refractivity (Wildman–Crippen MR) is 78.2 cm³/mol. The second kappa shape index (κ2) is 6.52. The molecule has 0 aliphatic rings. The van der Waals surface area contributed by atoms with E-state index in [0.717, 1.165) is 5.56 Å². The van der Waals surface area contributed by atoms with Gasteiger partial charge in [-0.05, 0) is 42.3 Å². The maximum atomic E-state index is 12.7. The number of carbonyl (C=O) groups is 1. The summed E-state index contributed by atoms with van der Waals surface area (Å²) in [5, 5.41) is 12.4. The number of nitrogens with one attached hydrogen (secondary N) is 1. The molecule has 0 fully saturated rings. The second-order valence-corrected chi connectivity index (χ2v) is 5.21. The zero-order chi connectivity index (χ0) is 14.5. The molecule has 104 valence electrons. The van der Waals surface area contributed by atoms with Crippen LogP contribution in [0.2, 0.25) is 0 Å². The lowest BCUT2D eigenvalue weighted by molar-refractivity contribution is 0.0951. The Hall–Kier alpha value is -1.88. The molecular weight excluding hydrogens is 325 g/mol. The lowest BCUT2D eigenvalue weighted by atomic mass is 10.1. The highest BCUT2D eigenvalue weighted by molar-refractivity contribution is 9.10. The average Bonchev–Trinajstić information content (AvgIpc) is 2.41. The molecule has 0 spiro atoms. The zero-order valence-corrected chi connectivity index (χ0v) is 12.2. The van der Waals surface area contributed by atoms with Gasteiger partial charge in [0.15, 0.2) is 0 Å². The number of benzene rings is 2. The van der Waals surface area contributed by atoms with Crippen LogP contribution in [-0.4, -0.2) is 17.6 Å². The van der Waals surface area contributed by atoms with E-state index in [9.17, 15) is 14.3 Å². The molecule has 0 heterocycles. The number of hydrogen-bond donors (Lipinski definition) is 2. The van der Waals surface area contributed by atoms with Crippen molar-refractivity contribution < 1.29 is 14.3 Å². The number of phenols is 1. The first-order valence-corrected chi connectivity index (χ1v) is 6.87. The molecule has 2 N–H and O–H groups in total. The van der Waals surface area contributed by atoms with Crippen molar-refractivity contribution in [3.05, 3.63) is 63.9 Å². The molecule has 0 saturated heterocycles. The van der Waals surface area contributed by atoms with Gasteiger partial charge in [0, 0.05) is 11.0 Å². The van der Waals surface area contributed by atoms with Crippen molar-refractivity contribution in [2.75, 3.05) is 6.54 Å². The largest absolute Gasteiger partial charge is 0.507 e. The third-order valence-electron chi connectivity index (χ3n) is 2.82. The Kier molecular flexibility index (Phi) is 4.74. The molecule has 1 amide bonds. The molecule has 2 rings (SSSR count). The van der Waals surface area contributed by atoms with E-state index in [1.54, 1.807) is 24.3 Å². The van der Waals surface area contributed by atoms with Crippen LogP contribution in [0.3, 0.4) is 0 Å². The topological polar surface area (TPSA) is 49.3 Å². The van der Waals surface area contributed by atoms with Gasteiger partial charge in [-0.1, -0.05) is 28.1 Å². The van der Waals surface area contributed by atoms with Crippen LogP contribution in [0, 0.1) is 5.82 Å². The fourth-order valence-corrected chi connectivity index (χ4v) is 2.11. The summed E-state index contributed by atoms with van der Waals surface area (Å²) in [6, 6.07) is 10.8. The van der Waals surface area contributed by atoms with Crippen molar-refractivity contribution in [1.82, 2.24) is 5.32 Å². The van der Waals surface area contributed by atoms with E-state index in [4.69, 9.17) is 0 Å². The number of carbonyl (C=O) groups excluding carboxylic acids is 1. The minimum atomic E-state index is -0.336. The van der Waals surface area contributed by atoms with Crippen LogP contribution in [0.5, 0.6) is 5.75 Å². The van der Waals surface area contributed by atoms with Crippen molar-refractivity contribution >= 4 is 21.8 Å². The van der Waals surface area contributed by atoms with Gasteiger partial charge in [0.05, 0.1) is 5.56 Å². The smallest absolute Gasteiger partial charge is 0.255 e. The van der Waals surface area contributed by atoms with Gasteiger partial charge in [-0.25, -0.2) is 4.39 Å². The van der Waals surface area contributed by atoms with Gasteiger partial charge in [0.2, 0.25) is 0 Å². The van der Waals surface area contributed by atoms with Crippen LogP contribution >= 0.6 is 15.9 Å². The van der Waals surface area contributed by atoms with Gasteiger partial charge in [0.1, 0.15) is 11.6 Å². The van der Waals surface area contributed by atoms with E-state index in [1.165, 1.54) is 18.2 Å². The quantitative estimate of drug-likeness (QED) is 0.899. The third kappa shape index (κ3) is 3.81. The zero-order valence-electron chi connectivity index (χ0n) is 10.6. The van der Waals surface area contributed by atoms with E-state index in [-0.39, 0.29) is 23.0 Å². The summed E-state index contributed by atoms with van der Waals surface area (Å²) < 4.78 is 13.4. The predicted octanol–water partition coefficient (Wildman–Crippen LogP) is 3.27. The summed E-state index contributed by atoms with van der Waals surface area (Å²) in [6.07, 6.45) is 0.601. The Morgan fingerprint density at radius 2 is 1.90 bits per heavy atom. The molecule has 2 aromatic rings. The lowest BCUT2D eigenvalue weighted by Gasteiger charge is -2.07. The van der Waals surface area contributed by atoms with Gasteiger partial charge in [0.25, 0.3) is 5.91 Å². The maximum Gasteiger partial charge on any atom is 0.255 e. The monoisotopic (exact) mass is 337 g/mol. The first-order valence-electron chi connectivity index (χ1n) is 6.07. The Bertz CT molecular complexity index is 614. The molecule has 0 radical (unpaired) electrons. The van der Waals surface area contributed by atoms with E-state index in [1.807, 2.05) is 0 Å². The van der Waals surface area contributed by atoms with E-state index >= 15 is 0 Å². The number of hydrogen-bond acceptors (Lipinski definition) is 2. The number of aromatic hydroxyl groups is 1. The van der Waals surface area contributed by atoms with E-state index in [0.29, 0.717) is 17.4 Å². The fourth-order valence-electron chi connectivity index (χ4n) is 1.76. The van der Waals surface area contributed by atoms with E-state index in [2.05, 4.69) is 21.2 Å². The Labute approximate surface area is 124 Å². The summed E-state index contributed by atoms with van der Waals surface area (Å²) >= 11 is 3.21. The minimum Gasteiger partial charge on any atom is -0.507 e. The molecule has 3 nitrogen and oxygen atoms in total. The van der Waals surface area contributed by atoms with Crippen LogP contribution in [0.4, 0.5) is 4.39 Å². The van der Waals surface area contributed by atoms with Crippen molar-refractivity contribution in [3.8, 4) is 5.75 Å². The van der Waals surface area contributed by atoms with Crippen LogP contribution in [0.1, 0.15) is 15.9 Å². The minimum absolute atomic E-state index is 0.0707. The first-order chi connectivity index (χ1) is 9.56. The number of phenolic OH excluding ortho intramolecular Hbond substituents is 1. The Balaban J connectivity index is 1.90. The first kappa shape index (κ1) is 14.5. The molecule has 0 aromatic heterocycles. The summed E-state index contributed by atoms with van der Waals surface area (Å²) in [7, 11) is 0. The molecule has 0 saturated carbocycles. The highest BCUT2D eigenvalue weighted by atomic mass is 79.9. The van der Waals surface area contributed by atoms with E-state index < -0.39 is 0 Å². The van der Waals surface area contributed by atoms with Crippen LogP contribution in [0.15, 0.2) is 46.9 Å². The second-order valence-electron chi connectivity index (χ2n) is 4.29. The molecule has 5 heteroatoms. The van der Waals surface area contributed by atoms with Gasteiger partial charge in [-0.15, -0.1) is 0 Å². The molecule has 0 unspecified atom stereocenters. The number of rotatable bonds is 4. The van der Waals surface area contributed by atoms with Crippen molar-refractivity contribution in [3.63, 3.8) is 0 Å². The Morgan fingerprint density at radius 1 is 1.20 bits per heavy atom. The van der Waals surface area contributed by atoms with Crippen LogP contribution in [-0.2, 0) is 6.42 Å². The lowest BCUT2D eigenvalue weighted by Crippen LogP contribution is -2.25. The standard InChI is InChI=1S/C15H13BrFNO2/c16-11-3-6-13(14(19)9-11)15(20)18-8-7-10-1-4-12(17)5-2-10/h1-6,9,19H,7-8H2,(H,18,20). The molecule has 0 aliphatic heterocycles. The fraction of sp³-hybridized carbons (Fsp3) is 0.133. The maximum absolute atomic E-state index is 12.7. The highest BCUT2D eigenvalue weighted by Crippen LogP contribution is 2.22. The van der Waals surface area contributed by atoms with Crippen LogP contribution < -0.4 is 5.32 Å². The molecule has 20 heavy (non-hydrogen) atoms.